The van der Waals surface area contributed by atoms with E-state index in [0.717, 1.165) is 25.7 Å². The van der Waals surface area contributed by atoms with Gasteiger partial charge in [0.2, 0.25) is 5.89 Å². The predicted molar refractivity (Wildman–Crippen MR) is 126 cm³/mol. The number of alkyl halides is 2. The summed E-state index contributed by atoms with van der Waals surface area (Å²) >= 11 is 0. The predicted octanol–water partition coefficient (Wildman–Crippen LogP) is 5.43. The van der Waals surface area contributed by atoms with E-state index in [2.05, 4.69) is 15.2 Å². The molecule has 4 aromatic rings. The second-order valence-electron chi connectivity index (χ2n) is 9.33. The van der Waals surface area contributed by atoms with E-state index >= 15 is 0 Å². The third-order valence-electron chi connectivity index (χ3n) is 6.50. The molecule has 2 fully saturated rings. The highest BCUT2D eigenvalue weighted by molar-refractivity contribution is 6.02. The SMILES string of the molecule is COc1cc(-c2cnc3cc(OCc4nnc(C5CC5)o4)ccn23)cc(OC(F)F)c1C(=O)CC1CC1. The summed E-state index contributed by atoms with van der Waals surface area (Å²) in [6.07, 6.45) is 7.70. The van der Waals surface area contributed by atoms with Crippen LogP contribution in [-0.4, -0.2) is 39.1 Å². The van der Waals surface area contributed by atoms with E-state index in [1.807, 2.05) is 0 Å². The Morgan fingerprint density at radius 2 is 1.97 bits per heavy atom. The number of ketones is 1. The van der Waals surface area contributed by atoms with Gasteiger partial charge < -0.3 is 18.6 Å². The van der Waals surface area contributed by atoms with Gasteiger partial charge in [0.25, 0.3) is 5.89 Å². The molecule has 0 aliphatic heterocycles. The lowest BCUT2D eigenvalue weighted by Gasteiger charge is -2.16. The van der Waals surface area contributed by atoms with Crippen molar-refractivity contribution in [2.24, 2.45) is 5.92 Å². The first-order chi connectivity index (χ1) is 18.0. The Morgan fingerprint density at radius 3 is 2.70 bits per heavy atom. The summed E-state index contributed by atoms with van der Waals surface area (Å²) in [4.78, 5) is 17.3. The van der Waals surface area contributed by atoms with Crippen molar-refractivity contribution >= 4 is 11.4 Å². The number of methoxy groups -OCH3 is 1. The van der Waals surface area contributed by atoms with Crippen molar-refractivity contribution in [2.45, 2.75) is 51.2 Å². The van der Waals surface area contributed by atoms with E-state index in [-0.39, 0.29) is 41.8 Å². The molecule has 0 radical (unpaired) electrons. The summed E-state index contributed by atoms with van der Waals surface area (Å²) in [7, 11) is 1.40. The first-order valence-electron chi connectivity index (χ1n) is 12.1. The minimum absolute atomic E-state index is 0.0359. The molecule has 0 atom stereocenters. The van der Waals surface area contributed by atoms with Gasteiger partial charge >= 0.3 is 6.61 Å². The number of Topliss-reactive ketones (excluding diaryl/α,β-unsaturated/α-hetero) is 1. The van der Waals surface area contributed by atoms with Crippen molar-refractivity contribution in [1.29, 1.82) is 0 Å². The third-order valence-corrected chi connectivity index (χ3v) is 6.50. The Hall–Kier alpha value is -4.02. The van der Waals surface area contributed by atoms with Crippen LogP contribution in [0.2, 0.25) is 0 Å². The molecule has 0 N–H and O–H groups in total. The van der Waals surface area contributed by atoms with Gasteiger partial charge in [0.15, 0.2) is 12.4 Å². The fourth-order valence-electron chi connectivity index (χ4n) is 4.28. The summed E-state index contributed by atoms with van der Waals surface area (Å²) in [6, 6.07) is 6.55. The number of nitrogens with zero attached hydrogens (tertiary/aromatic N) is 4. The van der Waals surface area contributed by atoms with Crippen LogP contribution in [0.4, 0.5) is 8.78 Å². The Bertz CT molecular complexity index is 1460. The summed E-state index contributed by atoms with van der Waals surface area (Å²) in [5.41, 5.74) is 1.72. The van der Waals surface area contributed by atoms with Crippen LogP contribution in [0.1, 0.15) is 60.2 Å². The van der Waals surface area contributed by atoms with E-state index in [4.69, 9.17) is 18.6 Å². The maximum Gasteiger partial charge on any atom is 0.387 e. The van der Waals surface area contributed by atoms with Gasteiger partial charge in [0.1, 0.15) is 28.5 Å². The first kappa shape index (κ1) is 23.4. The second-order valence-corrected chi connectivity index (χ2v) is 9.33. The molecule has 0 bridgehead atoms. The highest BCUT2D eigenvalue weighted by atomic mass is 19.3. The van der Waals surface area contributed by atoms with E-state index in [1.165, 1.54) is 13.2 Å². The molecule has 2 aliphatic carbocycles. The van der Waals surface area contributed by atoms with Crippen LogP contribution in [0.5, 0.6) is 17.2 Å². The standard InChI is InChI=1S/C26H24F2N4O5/c1-34-20-9-16(10-21(36-26(27)28)24(20)19(33)8-14-2-3-14)18-12-29-22-11-17(6-7-32(18)22)35-13-23-30-31-25(37-23)15-4-5-15/h6-7,9-12,14-15,26H,2-5,8,13H2,1H3. The normalized spacial score (nSPS) is 15.4. The lowest BCUT2D eigenvalue weighted by Crippen LogP contribution is -2.11. The molecule has 1 aromatic carbocycles. The molecule has 0 unspecified atom stereocenters. The van der Waals surface area contributed by atoms with Gasteiger partial charge in [0, 0.05) is 30.2 Å². The Morgan fingerprint density at radius 1 is 1.16 bits per heavy atom. The van der Waals surface area contributed by atoms with Gasteiger partial charge in [-0.1, -0.05) is 0 Å². The highest BCUT2D eigenvalue weighted by Gasteiger charge is 2.30. The molecule has 0 saturated heterocycles. The summed E-state index contributed by atoms with van der Waals surface area (Å²) in [5, 5.41) is 8.07. The van der Waals surface area contributed by atoms with Gasteiger partial charge in [-0.2, -0.15) is 8.78 Å². The van der Waals surface area contributed by atoms with Gasteiger partial charge in [-0.05, 0) is 49.8 Å². The Balaban J connectivity index is 1.28. The van der Waals surface area contributed by atoms with Gasteiger partial charge in [-0.15, -0.1) is 10.2 Å². The zero-order chi connectivity index (χ0) is 25.5. The number of hydrogen-bond acceptors (Lipinski definition) is 8. The number of aromatic nitrogens is 4. The van der Waals surface area contributed by atoms with Crippen LogP contribution in [0.25, 0.3) is 16.9 Å². The van der Waals surface area contributed by atoms with Crippen molar-refractivity contribution in [1.82, 2.24) is 19.6 Å². The minimum Gasteiger partial charge on any atom is -0.496 e. The maximum absolute atomic E-state index is 13.3. The van der Waals surface area contributed by atoms with Crippen molar-refractivity contribution in [3.63, 3.8) is 0 Å². The molecule has 11 heteroatoms. The molecule has 0 spiro atoms. The van der Waals surface area contributed by atoms with Crippen LogP contribution >= 0.6 is 0 Å². The van der Waals surface area contributed by atoms with Crippen LogP contribution in [-0.2, 0) is 6.61 Å². The zero-order valence-corrected chi connectivity index (χ0v) is 20.0. The van der Waals surface area contributed by atoms with Crippen molar-refractivity contribution in [3.05, 3.63) is 54.0 Å². The molecule has 37 heavy (non-hydrogen) atoms. The monoisotopic (exact) mass is 510 g/mol. The smallest absolute Gasteiger partial charge is 0.387 e. The number of ether oxygens (including phenoxy) is 3. The van der Waals surface area contributed by atoms with Crippen LogP contribution < -0.4 is 14.2 Å². The molecule has 0 amide bonds. The number of carbonyl (C=O) groups is 1. The average Bonchev–Trinajstić information content (AvgIpc) is 3.81. The van der Waals surface area contributed by atoms with Gasteiger partial charge in [-0.3, -0.25) is 9.20 Å². The number of benzene rings is 1. The summed E-state index contributed by atoms with van der Waals surface area (Å²) in [6.45, 7) is -2.96. The number of carbonyl (C=O) groups excluding carboxylic acids is 1. The fourth-order valence-corrected chi connectivity index (χ4v) is 4.28. The molecule has 6 rings (SSSR count). The van der Waals surface area contributed by atoms with Crippen molar-refractivity contribution in [2.75, 3.05) is 7.11 Å². The Labute approximate surface area is 210 Å². The largest absolute Gasteiger partial charge is 0.496 e. The van der Waals surface area contributed by atoms with Gasteiger partial charge in [-0.25, -0.2) is 4.98 Å². The number of hydrogen-bond donors (Lipinski definition) is 0. The van der Waals surface area contributed by atoms with E-state index in [0.29, 0.717) is 40.4 Å². The van der Waals surface area contributed by atoms with E-state index in [9.17, 15) is 13.6 Å². The lowest BCUT2D eigenvalue weighted by atomic mass is 10.00. The van der Waals surface area contributed by atoms with Gasteiger partial charge in [0.05, 0.1) is 19.0 Å². The van der Waals surface area contributed by atoms with Crippen LogP contribution in [0.3, 0.4) is 0 Å². The number of halogens is 2. The quantitative estimate of drug-likeness (QED) is 0.246. The molecule has 3 aromatic heterocycles. The summed E-state index contributed by atoms with van der Waals surface area (Å²) < 4.78 is 49.9. The summed E-state index contributed by atoms with van der Waals surface area (Å²) in [5.74, 6) is 1.96. The van der Waals surface area contributed by atoms with E-state index in [1.54, 1.807) is 35.0 Å². The van der Waals surface area contributed by atoms with Crippen molar-refractivity contribution in [3.8, 4) is 28.5 Å². The van der Waals surface area contributed by atoms with Crippen molar-refractivity contribution < 1.29 is 32.2 Å². The molecular formula is C26H24F2N4O5. The lowest BCUT2D eigenvalue weighted by molar-refractivity contribution is -0.0502. The third kappa shape index (κ3) is 4.98. The molecule has 2 saturated carbocycles. The molecule has 192 valence electrons. The number of fused-ring (bicyclic) bond motifs is 1. The molecule has 3 heterocycles. The fraction of sp³-hybridized carbons (Fsp3) is 0.385. The topological polar surface area (TPSA) is 101 Å². The number of imidazole rings is 1. The zero-order valence-electron chi connectivity index (χ0n) is 20.0. The maximum atomic E-state index is 13.3. The average molecular weight is 510 g/mol. The minimum atomic E-state index is -3.09. The van der Waals surface area contributed by atoms with Crippen LogP contribution in [0.15, 0.2) is 41.1 Å². The number of rotatable bonds is 11. The molecule has 2 aliphatic rings. The second kappa shape index (κ2) is 9.45. The number of pyridine rings is 1. The Kier molecular flexibility index (Phi) is 5.97. The van der Waals surface area contributed by atoms with E-state index < -0.39 is 6.61 Å². The highest BCUT2D eigenvalue weighted by Crippen LogP contribution is 2.41. The molecular weight excluding hydrogens is 486 g/mol. The molecule has 9 nitrogen and oxygen atoms in total. The first-order valence-corrected chi connectivity index (χ1v) is 12.1. The van der Waals surface area contributed by atoms with Crippen LogP contribution in [0, 0.1) is 5.92 Å².